The van der Waals surface area contributed by atoms with Crippen molar-refractivity contribution in [3.8, 4) is 11.5 Å². The van der Waals surface area contributed by atoms with Crippen molar-refractivity contribution in [3.05, 3.63) is 29.8 Å². The molecule has 0 saturated carbocycles. The predicted octanol–water partition coefficient (Wildman–Crippen LogP) is 4.36. The first kappa shape index (κ1) is 19.2. The van der Waals surface area contributed by atoms with Crippen LogP contribution >= 0.6 is 0 Å². The highest BCUT2D eigenvalue weighted by Crippen LogP contribution is 2.31. The molecule has 1 aliphatic heterocycles. The number of allylic oxidation sites excluding steroid dienone is 1. The number of benzene rings is 1. The first-order valence-electron chi connectivity index (χ1n) is 8.71. The van der Waals surface area contributed by atoms with Crippen LogP contribution in [0.1, 0.15) is 39.2 Å². The van der Waals surface area contributed by atoms with Gasteiger partial charge in [0, 0.05) is 13.1 Å². The number of hydrogen-bond acceptors (Lipinski definition) is 4. The Balaban J connectivity index is 1.96. The number of carbonyl (C=O) groups is 1. The summed E-state index contributed by atoms with van der Waals surface area (Å²) in [7, 11) is 3.32. The minimum atomic E-state index is -0.450. The van der Waals surface area contributed by atoms with E-state index in [-0.39, 0.29) is 6.09 Å². The smallest absolute Gasteiger partial charge is 0.410 e. The molecule has 0 spiro atoms. The molecular weight excluding hydrogens is 318 g/mol. The highest BCUT2D eigenvalue weighted by atomic mass is 16.6. The maximum atomic E-state index is 12.1. The number of hydrogen-bond donors (Lipinski definition) is 0. The summed E-state index contributed by atoms with van der Waals surface area (Å²) >= 11 is 0. The second kappa shape index (κ2) is 8.28. The van der Waals surface area contributed by atoms with Crippen LogP contribution in [0.15, 0.2) is 24.3 Å². The van der Waals surface area contributed by atoms with Crippen molar-refractivity contribution in [1.82, 2.24) is 4.90 Å². The van der Waals surface area contributed by atoms with Crippen molar-refractivity contribution < 1.29 is 19.0 Å². The van der Waals surface area contributed by atoms with Gasteiger partial charge in [-0.15, -0.1) is 0 Å². The van der Waals surface area contributed by atoms with Crippen LogP contribution in [-0.4, -0.2) is 43.9 Å². The number of carbonyl (C=O) groups excluding carboxylic acids is 1. The van der Waals surface area contributed by atoms with Gasteiger partial charge in [0.15, 0.2) is 0 Å². The average Bonchev–Trinajstić information content (AvgIpc) is 2.58. The highest BCUT2D eigenvalue weighted by Gasteiger charge is 2.26. The van der Waals surface area contributed by atoms with Gasteiger partial charge >= 0.3 is 6.09 Å². The van der Waals surface area contributed by atoms with Gasteiger partial charge in [-0.3, -0.25) is 0 Å². The van der Waals surface area contributed by atoms with Crippen LogP contribution in [0, 0.1) is 5.92 Å². The van der Waals surface area contributed by atoms with E-state index in [4.69, 9.17) is 14.2 Å². The molecule has 5 heteroatoms. The van der Waals surface area contributed by atoms with Crippen LogP contribution in [0.2, 0.25) is 0 Å². The van der Waals surface area contributed by atoms with E-state index in [0.29, 0.717) is 19.0 Å². The SMILES string of the molecule is COc1cccc(OC)c1/C=C/C1CCN(C(=O)OC(C)(C)C)CC1. The van der Waals surface area contributed by atoms with Crippen molar-refractivity contribution in [1.29, 1.82) is 0 Å². The summed E-state index contributed by atoms with van der Waals surface area (Å²) < 4.78 is 16.3. The van der Waals surface area contributed by atoms with Crippen molar-refractivity contribution in [2.75, 3.05) is 27.3 Å². The first-order chi connectivity index (χ1) is 11.8. The molecule has 5 nitrogen and oxygen atoms in total. The van der Waals surface area contributed by atoms with E-state index in [1.165, 1.54) is 0 Å². The first-order valence-corrected chi connectivity index (χ1v) is 8.71. The van der Waals surface area contributed by atoms with Crippen molar-refractivity contribution >= 4 is 12.2 Å². The molecule has 0 bridgehead atoms. The monoisotopic (exact) mass is 347 g/mol. The summed E-state index contributed by atoms with van der Waals surface area (Å²) in [5, 5.41) is 0. The van der Waals surface area contributed by atoms with E-state index >= 15 is 0 Å². The molecule has 1 fully saturated rings. The molecule has 1 saturated heterocycles. The van der Waals surface area contributed by atoms with E-state index < -0.39 is 5.60 Å². The normalized spacial score (nSPS) is 16.1. The number of nitrogens with zero attached hydrogens (tertiary/aromatic N) is 1. The molecular formula is C20H29NO4. The minimum absolute atomic E-state index is 0.221. The lowest BCUT2D eigenvalue weighted by atomic mass is 9.95. The highest BCUT2D eigenvalue weighted by molar-refractivity contribution is 5.68. The summed E-state index contributed by atoms with van der Waals surface area (Å²) in [6.45, 7) is 7.10. The number of amides is 1. The molecule has 0 N–H and O–H groups in total. The standard InChI is InChI=1S/C20H29NO4/c1-20(2,3)25-19(22)21-13-11-15(12-14-21)9-10-16-17(23-4)7-6-8-18(16)24-5/h6-10,15H,11-14H2,1-5H3/b10-9+. The van der Waals surface area contributed by atoms with Gasteiger partial charge in [-0.2, -0.15) is 0 Å². The lowest BCUT2D eigenvalue weighted by Gasteiger charge is -2.32. The van der Waals surface area contributed by atoms with Gasteiger partial charge in [-0.05, 0) is 51.7 Å². The van der Waals surface area contributed by atoms with E-state index in [0.717, 1.165) is 29.9 Å². The lowest BCUT2D eigenvalue weighted by Crippen LogP contribution is -2.41. The summed E-state index contributed by atoms with van der Waals surface area (Å²) in [6.07, 6.45) is 5.87. The Hall–Kier alpha value is -2.17. The number of piperidine rings is 1. The molecule has 1 amide bonds. The molecule has 25 heavy (non-hydrogen) atoms. The molecule has 0 radical (unpaired) electrons. The second-order valence-electron chi connectivity index (χ2n) is 7.24. The molecule has 2 rings (SSSR count). The molecule has 0 aromatic heterocycles. The number of methoxy groups -OCH3 is 2. The fraction of sp³-hybridized carbons (Fsp3) is 0.550. The Kier molecular flexibility index (Phi) is 6.34. The van der Waals surface area contributed by atoms with E-state index in [2.05, 4.69) is 12.2 Å². The summed E-state index contributed by atoms with van der Waals surface area (Å²) in [5.74, 6) is 2.01. The van der Waals surface area contributed by atoms with Crippen molar-refractivity contribution in [3.63, 3.8) is 0 Å². The van der Waals surface area contributed by atoms with E-state index in [1.807, 2.05) is 39.0 Å². The maximum Gasteiger partial charge on any atom is 0.410 e. The topological polar surface area (TPSA) is 48.0 Å². The van der Waals surface area contributed by atoms with Gasteiger partial charge < -0.3 is 19.1 Å². The lowest BCUT2D eigenvalue weighted by molar-refractivity contribution is 0.0197. The van der Waals surface area contributed by atoms with Gasteiger partial charge in [0.25, 0.3) is 0 Å². The Morgan fingerprint density at radius 3 is 2.16 bits per heavy atom. The van der Waals surface area contributed by atoms with Crippen LogP contribution in [0.3, 0.4) is 0 Å². The molecule has 0 aliphatic carbocycles. The molecule has 1 aliphatic rings. The summed E-state index contributed by atoms with van der Waals surface area (Å²) in [5.41, 5.74) is 0.496. The number of rotatable bonds is 4. The van der Waals surface area contributed by atoms with Gasteiger partial charge in [0.2, 0.25) is 0 Å². The molecule has 138 valence electrons. The largest absolute Gasteiger partial charge is 0.496 e. The average molecular weight is 347 g/mol. The Morgan fingerprint density at radius 1 is 1.12 bits per heavy atom. The van der Waals surface area contributed by atoms with E-state index in [1.54, 1.807) is 19.1 Å². The van der Waals surface area contributed by atoms with Crippen LogP contribution in [0.4, 0.5) is 4.79 Å². The Bertz CT molecular complexity index is 588. The number of likely N-dealkylation sites (tertiary alicyclic amines) is 1. The third-order valence-electron chi connectivity index (χ3n) is 4.19. The summed E-state index contributed by atoms with van der Waals surface area (Å²) in [4.78, 5) is 13.9. The fourth-order valence-corrected chi connectivity index (χ4v) is 2.88. The van der Waals surface area contributed by atoms with E-state index in [9.17, 15) is 4.79 Å². The molecule has 1 aromatic carbocycles. The van der Waals surface area contributed by atoms with Crippen LogP contribution < -0.4 is 9.47 Å². The predicted molar refractivity (Wildman–Crippen MR) is 99.1 cm³/mol. The quantitative estimate of drug-likeness (QED) is 0.812. The van der Waals surface area contributed by atoms with Gasteiger partial charge in [0.1, 0.15) is 17.1 Å². The number of ether oxygens (including phenoxy) is 3. The third kappa shape index (κ3) is 5.41. The fourth-order valence-electron chi connectivity index (χ4n) is 2.88. The minimum Gasteiger partial charge on any atom is -0.496 e. The van der Waals surface area contributed by atoms with Crippen LogP contribution in [-0.2, 0) is 4.74 Å². The van der Waals surface area contributed by atoms with Crippen LogP contribution in [0.5, 0.6) is 11.5 Å². The van der Waals surface area contributed by atoms with Crippen molar-refractivity contribution in [2.24, 2.45) is 5.92 Å². The Morgan fingerprint density at radius 2 is 1.68 bits per heavy atom. The Labute approximate surface area is 150 Å². The van der Waals surface area contributed by atoms with Crippen LogP contribution in [0.25, 0.3) is 6.08 Å². The zero-order valence-corrected chi connectivity index (χ0v) is 15.9. The third-order valence-corrected chi connectivity index (χ3v) is 4.19. The van der Waals surface area contributed by atoms with Crippen molar-refractivity contribution in [2.45, 2.75) is 39.2 Å². The van der Waals surface area contributed by atoms with Gasteiger partial charge in [0.05, 0.1) is 19.8 Å². The van der Waals surface area contributed by atoms with Gasteiger partial charge in [-0.1, -0.05) is 18.2 Å². The molecule has 1 heterocycles. The zero-order valence-electron chi connectivity index (χ0n) is 15.9. The zero-order chi connectivity index (χ0) is 18.4. The molecule has 1 aromatic rings. The second-order valence-corrected chi connectivity index (χ2v) is 7.24. The summed E-state index contributed by atoms with van der Waals surface area (Å²) in [6, 6.07) is 5.76. The molecule has 0 unspecified atom stereocenters. The molecule has 0 atom stereocenters. The maximum absolute atomic E-state index is 12.1. The van der Waals surface area contributed by atoms with Gasteiger partial charge in [-0.25, -0.2) is 4.79 Å².